The van der Waals surface area contributed by atoms with Crippen molar-refractivity contribution in [2.24, 2.45) is 0 Å². The van der Waals surface area contributed by atoms with Gasteiger partial charge in [-0.05, 0) is 17.7 Å². The van der Waals surface area contributed by atoms with Crippen LogP contribution in [0.15, 0.2) is 45.8 Å². The van der Waals surface area contributed by atoms with Gasteiger partial charge in [0.1, 0.15) is 17.5 Å². The number of hydrogen-bond donors (Lipinski definition) is 1. The molecule has 3 nitrogen and oxygen atoms in total. The summed E-state index contributed by atoms with van der Waals surface area (Å²) in [5.74, 6) is -4.14. The van der Waals surface area contributed by atoms with E-state index in [0.29, 0.717) is 17.7 Å². The van der Waals surface area contributed by atoms with E-state index < -0.39 is 32.4 Å². The van der Waals surface area contributed by atoms with Crippen molar-refractivity contribution in [1.82, 2.24) is 4.72 Å². The molecule has 112 valence electrons. The van der Waals surface area contributed by atoms with E-state index in [9.17, 15) is 21.6 Å². The first kappa shape index (κ1) is 16.0. The van der Waals surface area contributed by atoms with Crippen LogP contribution < -0.4 is 4.72 Å². The molecule has 0 aliphatic heterocycles. The van der Waals surface area contributed by atoms with Crippen molar-refractivity contribution in [2.45, 2.75) is 11.4 Å². The molecule has 0 atom stereocenters. The summed E-state index contributed by atoms with van der Waals surface area (Å²) >= 11 is 3.23. The highest BCUT2D eigenvalue weighted by molar-refractivity contribution is 9.10. The van der Waals surface area contributed by atoms with Crippen molar-refractivity contribution in [3.8, 4) is 0 Å². The second kappa shape index (κ2) is 6.17. The molecule has 0 amide bonds. The second-order valence-electron chi connectivity index (χ2n) is 4.15. The van der Waals surface area contributed by atoms with Crippen LogP contribution in [0.25, 0.3) is 0 Å². The van der Waals surface area contributed by atoms with Crippen LogP contribution >= 0.6 is 15.9 Å². The SMILES string of the molecule is O=S(=O)(NCc1ccc(Br)cc1)c1c(F)cc(F)cc1F. The number of halogens is 4. The number of hydrogen-bond acceptors (Lipinski definition) is 2. The summed E-state index contributed by atoms with van der Waals surface area (Å²) in [4.78, 5) is -1.19. The average Bonchev–Trinajstić information content (AvgIpc) is 2.36. The number of rotatable bonds is 4. The van der Waals surface area contributed by atoms with Crippen LogP contribution in [0.5, 0.6) is 0 Å². The largest absolute Gasteiger partial charge is 0.246 e. The Hall–Kier alpha value is -1.38. The normalized spacial score (nSPS) is 11.6. The van der Waals surface area contributed by atoms with Gasteiger partial charge in [-0.2, -0.15) is 0 Å². The standard InChI is InChI=1S/C13H9BrF3NO2S/c14-9-3-1-8(2-4-9)7-18-21(19,20)13-11(16)5-10(15)6-12(13)17/h1-6,18H,7H2. The maximum atomic E-state index is 13.5. The molecule has 0 unspecified atom stereocenters. The lowest BCUT2D eigenvalue weighted by Gasteiger charge is -2.09. The number of benzene rings is 2. The molecule has 8 heteroatoms. The summed E-state index contributed by atoms with van der Waals surface area (Å²) in [6.45, 7) is -0.147. The lowest BCUT2D eigenvalue weighted by molar-refractivity contribution is 0.493. The molecule has 21 heavy (non-hydrogen) atoms. The molecule has 0 aromatic heterocycles. The summed E-state index contributed by atoms with van der Waals surface area (Å²) in [7, 11) is -4.43. The smallest absolute Gasteiger partial charge is 0.207 e. The molecule has 0 saturated heterocycles. The molecule has 0 fully saturated rings. The van der Waals surface area contributed by atoms with Crippen molar-refractivity contribution in [1.29, 1.82) is 0 Å². The summed E-state index contributed by atoms with van der Waals surface area (Å²) in [6.07, 6.45) is 0. The highest BCUT2D eigenvalue weighted by atomic mass is 79.9. The fraction of sp³-hybridized carbons (Fsp3) is 0.0769. The van der Waals surface area contributed by atoms with E-state index >= 15 is 0 Å². The van der Waals surface area contributed by atoms with Crippen molar-refractivity contribution in [3.63, 3.8) is 0 Å². The zero-order chi connectivity index (χ0) is 15.6. The van der Waals surface area contributed by atoms with Crippen LogP contribution in [0.4, 0.5) is 13.2 Å². The average molecular weight is 380 g/mol. The van der Waals surface area contributed by atoms with E-state index in [0.717, 1.165) is 4.47 Å². The van der Waals surface area contributed by atoms with Crippen LogP contribution in [0, 0.1) is 17.5 Å². The zero-order valence-corrected chi connectivity index (χ0v) is 12.8. The first-order valence-electron chi connectivity index (χ1n) is 5.68. The molecule has 0 bridgehead atoms. The molecule has 1 N–H and O–H groups in total. The van der Waals surface area contributed by atoms with Crippen molar-refractivity contribution < 1.29 is 21.6 Å². The molecule has 0 aliphatic rings. The van der Waals surface area contributed by atoms with Gasteiger partial charge in [0.05, 0.1) is 0 Å². The van der Waals surface area contributed by atoms with Crippen LogP contribution in [0.2, 0.25) is 0 Å². The lowest BCUT2D eigenvalue weighted by atomic mass is 10.2. The highest BCUT2D eigenvalue weighted by Gasteiger charge is 2.24. The van der Waals surface area contributed by atoms with Gasteiger partial charge in [-0.25, -0.2) is 26.3 Å². The molecule has 2 rings (SSSR count). The Kier molecular flexibility index (Phi) is 4.70. The monoisotopic (exact) mass is 379 g/mol. The van der Waals surface area contributed by atoms with E-state index in [-0.39, 0.29) is 6.54 Å². The highest BCUT2D eigenvalue weighted by Crippen LogP contribution is 2.20. The number of sulfonamides is 1. The quantitative estimate of drug-likeness (QED) is 0.885. The Labute approximate surface area is 128 Å². The third kappa shape index (κ3) is 3.84. The summed E-state index contributed by atoms with van der Waals surface area (Å²) < 4.78 is 66.4. The van der Waals surface area contributed by atoms with Gasteiger partial charge in [0.15, 0.2) is 4.90 Å². The fourth-order valence-electron chi connectivity index (χ4n) is 1.64. The molecular formula is C13H9BrF3NO2S. The van der Waals surface area contributed by atoms with Gasteiger partial charge < -0.3 is 0 Å². The topological polar surface area (TPSA) is 46.2 Å². The van der Waals surface area contributed by atoms with E-state index in [1.165, 1.54) is 0 Å². The van der Waals surface area contributed by atoms with Gasteiger partial charge in [-0.15, -0.1) is 0 Å². The zero-order valence-electron chi connectivity index (χ0n) is 10.4. The minimum absolute atomic E-state index is 0.147. The third-order valence-electron chi connectivity index (χ3n) is 2.61. The van der Waals surface area contributed by atoms with Crippen LogP contribution in [0.1, 0.15) is 5.56 Å². The summed E-state index contributed by atoms with van der Waals surface area (Å²) in [6, 6.07) is 7.31. The third-order valence-corrected chi connectivity index (χ3v) is 4.59. The first-order valence-corrected chi connectivity index (χ1v) is 7.96. The van der Waals surface area contributed by atoms with Gasteiger partial charge in [0, 0.05) is 23.2 Å². The van der Waals surface area contributed by atoms with E-state index in [1.807, 2.05) is 0 Å². The number of nitrogens with one attached hydrogen (secondary N) is 1. The van der Waals surface area contributed by atoms with Gasteiger partial charge in [-0.1, -0.05) is 28.1 Å². The van der Waals surface area contributed by atoms with Gasteiger partial charge in [0.2, 0.25) is 10.0 Å². The molecule has 0 saturated carbocycles. The molecular weight excluding hydrogens is 371 g/mol. The maximum absolute atomic E-state index is 13.5. The summed E-state index contributed by atoms with van der Waals surface area (Å²) in [5.41, 5.74) is 0.602. The Morgan fingerprint density at radius 1 is 1.00 bits per heavy atom. The Morgan fingerprint density at radius 3 is 2.05 bits per heavy atom. The molecule has 0 radical (unpaired) electrons. The minimum Gasteiger partial charge on any atom is -0.207 e. The Balaban J connectivity index is 2.25. The van der Waals surface area contributed by atoms with Crippen LogP contribution in [0.3, 0.4) is 0 Å². The molecule has 0 heterocycles. The minimum atomic E-state index is -4.43. The molecule has 2 aromatic carbocycles. The lowest BCUT2D eigenvalue weighted by Crippen LogP contribution is -2.25. The van der Waals surface area contributed by atoms with Gasteiger partial charge >= 0.3 is 0 Å². The molecule has 0 aliphatic carbocycles. The van der Waals surface area contributed by atoms with Gasteiger partial charge in [0.25, 0.3) is 0 Å². The van der Waals surface area contributed by atoms with Crippen LogP contribution in [-0.4, -0.2) is 8.42 Å². The first-order chi connectivity index (χ1) is 9.79. The van der Waals surface area contributed by atoms with E-state index in [2.05, 4.69) is 20.7 Å². The fourth-order valence-corrected chi connectivity index (χ4v) is 3.04. The van der Waals surface area contributed by atoms with Crippen molar-refractivity contribution in [2.75, 3.05) is 0 Å². The van der Waals surface area contributed by atoms with E-state index in [1.54, 1.807) is 24.3 Å². The Bertz CT molecular complexity index is 740. The van der Waals surface area contributed by atoms with Crippen LogP contribution in [-0.2, 0) is 16.6 Å². The molecule has 0 spiro atoms. The van der Waals surface area contributed by atoms with Gasteiger partial charge in [-0.3, -0.25) is 0 Å². The second-order valence-corrected chi connectivity index (χ2v) is 6.77. The Morgan fingerprint density at radius 2 is 1.52 bits per heavy atom. The molecule has 2 aromatic rings. The van der Waals surface area contributed by atoms with E-state index in [4.69, 9.17) is 0 Å². The van der Waals surface area contributed by atoms with Crippen molar-refractivity contribution >= 4 is 26.0 Å². The van der Waals surface area contributed by atoms with Crippen molar-refractivity contribution in [3.05, 3.63) is 63.9 Å². The predicted octanol–water partition coefficient (Wildman–Crippen LogP) is 3.34. The predicted molar refractivity (Wildman–Crippen MR) is 74.5 cm³/mol. The maximum Gasteiger partial charge on any atom is 0.246 e. The summed E-state index contributed by atoms with van der Waals surface area (Å²) in [5, 5.41) is 0.